The molecule has 1 heterocycles. The van der Waals surface area contributed by atoms with E-state index < -0.39 is 0 Å². The minimum Gasteiger partial charge on any atom is -0.378 e. The lowest BCUT2D eigenvalue weighted by atomic mass is 9.77. The van der Waals surface area contributed by atoms with Crippen LogP contribution >= 0.6 is 0 Å². The van der Waals surface area contributed by atoms with E-state index in [9.17, 15) is 0 Å². The van der Waals surface area contributed by atoms with Gasteiger partial charge in [-0.25, -0.2) is 0 Å². The average molecular weight is 223 g/mol. The molecular weight excluding hydrogens is 198 g/mol. The molecule has 3 rings (SSSR count). The molecule has 3 atom stereocenters. The molecule has 3 aliphatic rings. The molecule has 1 N–H and O–H groups in total. The van der Waals surface area contributed by atoms with Crippen LogP contribution in [0.25, 0.3) is 0 Å². The Kier molecular flexibility index (Phi) is 2.97. The summed E-state index contributed by atoms with van der Waals surface area (Å²) in [4.78, 5) is 0. The van der Waals surface area contributed by atoms with E-state index in [1.54, 1.807) is 0 Å². The van der Waals surface area contributed by atoms with E-state index in [0.29, 0.717) is 11.5 Å². The quantitative estimate of drug-likeness (QED) is 0.773. The predicted octanol–water partition coefficient (Wildman–Crippen LogP) is 2.58. The van der Waals surface area contributed by atoms with Crippen LogP contribution in [0.15, 0.2) is 0 Å². The Bertz CT molecular complexity index is 237. The topological polar surface area (TPSA) is 21.3 Å². The van der Waals surface area contributed by atoms with Crippen LogP contribution < -0.4 is 5.32 Å². The van der Waals surface area contributed by atoms with Crippen LogP contribution in [0.4, 0.5) is 0 Å². The molecule has 2 heteroatoms. The predicted molar refractivity (Wildman–Crippen MR) is 65.4 cm³/mol. The average Bonchev–Trinajstić information content (AvgIpc) is 2.71. The third-order valence-electron chi connectivity index (χ3n) is 4.89. The lowest BCUT2D eigenvalue weighted by Crippen LogP contribution is -2.36. The first kappa shape index (κ1) is 11.0. The molecule has 2 aliphatic carbocycles. The summed E-state index contributed by atoms with van der Waals surface area (Å²) in [7, 11) is 0. The van der Waals surface area contributed by atoms with Crippen LogP contribution in [0, 0.1) is 17.3 Å². The molecular formula is C14H25NO. The van der Waals surface area contributed by atoms with Crippen LogP contribution in [0.2, 0.25) is 0 Å². The fourth-order valence-corrected chi connectivity index (χ4v) is 4.07. The normalized spacial score (nSPS) is 45.9. The summed E-state index contributed by atoms with van der Waals surface area (Å²) in [6, 6.07) is 0. The summed E-state index contributed by atoms with van der Waals surface area (Å²) in [5, 5.41) is 3.59. The zero-order valence-electron chi connectivity index (χ0n) is 10.5. The second-order valence-corrected chi connectivity index (χ2v) is 6.28. The maximum atomic E-state index is 5.84. The van der Waals surface area contributed by atoms with Gasteiger partial charge >= 0.3 is 0 Å². The van der Waals surface area contributed by atoms with Crippen LogP contribution in [0.1, 0.15) is 45.4 Å². The molecule has 0 spiro atoms. The minimum atomic E-state index is 0.580. The summed E-state index contributed by atoms with van der Waals surface area (Å²) in [6.07, 6.45) is 8.98. The first-order valence-corrected chi connectivity index (χ1v) is 7.14. The zero-order valence-corrected chi connectivity index (χ0v) is 10.5. The van der Waals surface area contributed by atoms with E-state index in [4.69, 9.17) is 4.74 Å². The van der Waals surface area contributed by atoms with Crippen molar-refractivity contribution >= 4 is 0 Å². The zero-order chi connectivity index (χ0) is 11.0. The van der Waals surface area contributed by atoms with Crippen molar-refractivity contribution in [2.45, 2.75) is 51.6 Å². The van der Waals surface area contributed by atoms with Crippen molar-refractivity contribution in [2.24, 2.45) is 17.3 Å². The van der Waals surface area contributed by atoms with Gasteiger partial charge in [0.05, 0.1) is 6.10 Å². The molecule has 0 radical (unpaired) electrons. The van der Waals surface area contributed by atoms with E-state index in [1.807, 2.05) is 0 Å². The summed E-state index contributed by atoms with van der Waals surface area (Å²) in [5.74, 6) is 2.17. The van der Waals surface area contributed by atoms with E-state index in [0.717, 1.165) is 25.0 Å². The third kappa shape index (κ3) is 2.14. The highest BCUT2D eigenvalue weighted by Gasteiger charge is 2.53. The van der Waals surface area contributed by atoms with E-state index >= 15 is 0 Å². The second kappa shape index (κ2) is 4.30. The SMILES string of the molecule is CCNCC1(CC2CCCO2)CC2CC2C1. The second-order valence-electron chi connectivity index (χ2n) is 6.28. The van der Waals surface area contributed by atoms with Gasteiger partial charge in [0.2, 0.25) is 0 Å². The number of ether oxygens (including phenoxy) is 1. The highest BCUT2D eigenvalue weighted by molar-refractivity contribution is 5.05. The Balaban J connectivity index is 1.59. The number of hydrogen-bond acceptors (Lipinski definition) is 2. The maximum absolute atomic E-state index is 5.84. The highest BCUT2D eigenvalue weighted by Crippen LogP contribution is 2.61. The van der Waals surface area contributed by atoms with Crippen molar-refractivity contribution in [3.05, 3.63) is 0 Å². The van der Waals surface area contributed by atoms with Crippen molar-refractivity contribution in [1.29, 1.82) is 0 Å². The first-order chi connectivity index (χ1) is 7.81. The maximum Gasteiger partial charge on any atom is 0.0581 e. The van der Waals surface area contributed by atoms with Crippen molar-refractivity contribution in [2.75, 3.05) is 19.7 Å². The Morgan fingerprint density at radius 2 is 2.12 bits per heavy atom. The summed E-state index contributed by atoms with van der Waals surface area (Å²) >= 11 is 0. The minimum absolute atomic E-state index is 0.580. The van der Waals surface area contributed by atoms with Gasteiger partial charge in [-0.2, -0.15) is 0 Å². The van der Waals surface area contributed by atoms with Crippen LogP contribution in [0.5, 0.6) is 0 Å². The van der Waals surface area contributed by atoms with Crippen molar-refractivity contribution < 1.29 is 4.74 Å². The third-order valence-corrected chi connectivity index (χ3v) is 4.89. The molecule has 16 heavy (non-hydrogen) atoms. The Morgan fingerprint density at radius 1 is 1.31 bits per heavy atom. The number of nitrogens with one attached hydrogen (secondary N) is 1. The summed E-state index contributed by atoms with van der Waals surface area (Å²) in [5.41, 5.74) is 0.596. The van der Waals surface area contributed by atoms with Gasteiger partial charge in [0, 0.05) is 13.2 Å². The Labute approximate surface area is 99.1 Å². The molecule has 3 unspecified atom stereocenters. The van der Waals surface area contributed by atoms with E-state index in [-0.39, 0.29) is 0 Å². The molecule has 0 aromatic rings. The van der Waals surface area contributed by atoms with Gasteiger partial charge in [-0.15, -0.1) is 0 Å². The molecule has 2 nitrogen and oxygen atoms in total. The molecule has 1 saturated heterocycles. The molecule has 1 aliphatic heterocycles. The van der Waals surface area contributed by atoms with E-state index in [2.05, 4.69) is 12.2 Å². The largest absolute Gasteiger partial charge is 0.378 e. The fraction of sp³-hybridized carbons (Fsp3) is 1.00. The molecule has 92 valence electrons. The van der Waals surface area contributed by atoms with Crippen LogP contribution in [-0.4, -0.2) is 25.8 Å². The van der Waals surface area contributed by atoms with Crippen LogP contribution in [0.3, 0.4) is 0 Å². The summed E-state index contributed by atoms with van der Waals surface area (Å²) in [6.45, 7) is 5.57. The lowest BCUT2D eigenvalue weighted by molar-refractivity contribution is 0.0573. The van der Waals surface area contributed by atoms with Crippen molar-refractivity contribution in [3.8, 4) is 0 Å². The van der Waals surface area contributed by atoms with Crippen molar-refractivity contribution in [3.63, 3.8) is 0 Å². The van der Waals surface area contributed by atoms with Gasteiger partial charge in [-0.05, 0) is 62.3 Å². The fourth-order valence-electron chi connectivity index (χ4n) is 4.07. The smallest absolute Gasteiger partial charge is 0.0581 e. The molecule has 2 saturated carbocycles. The molecule has 0 aromatic carbocycles. The standard InChI is InChI=1S/C14H25NO/c1-2-15-10-14(7-11-6-12(11)8-14)9-13-4-3-5-16-13/h11-13,15H,2-10H2,1H3. The van der Waals surface area contributed by atoms with Gasteiger partial charge in [0.25, 0.3) is 0 Å². The highest BCUT2D eigenvalue weighted by atomic mass is 16.5. The number of hydrogen-bond donors (Lipinski definition) is 1. The summed E-state index contributed by atoms with van der Waals surface area (Å²) < 4.78 is 5.84. The van der Waals surface area contributed by atoms with Gasteiger partial charge in [0.1, 0.15) is 0 Å². The van der Waals surface area contributed by atoms with Crippen molar-refractivity contribution in [1.82, 2.24) is 5.32 Å². The molecule has 0 amide bonds. The molecule has 0 bridgehead atoms. The molecule has 0 aromatic heterocycles. The first-order valence-electron chi connectivity index (χ1n) is 7.14. The van der Waals surface area contributed by atoms with Crippen LogP contribution in [-0.2, 0) is 4.74 Å². The number of fused-ring (bicyclic) bond motifs is 1. The monoisotopic (exact) mass is 223 g/mol. The molecule has 3 fully saturated rings. The Morgan fingerprint density at radius 3 is 2.75 bits per heavy atom. The Hall–Kier alpha value is -0.0800. The lowest BCUT2D eigenvalue weighted by Gasteiger charge is -2.33. The van der Waals surface area contributed by atoms with Gasteiger partial charge in [-0.3, -0.25) is 0 Å². The van der Waals surface area contributed by atoms with E-state index in [1.165, 1.54) is 45.1 Å². The van der Waals surface area contributed by atoms with Gasteiger partial charge < -0.3 is 10.1 Å². The van der Waals surface area contributed by atoms with Gasteiger partial charge in [0.15, 0.2) is 0 Å². The van der Waals surface area contributed by atoms with Gasteiger partial charge in [-0.1, -0.05) is 6.92 Å². The number of rotatable bonds is 5.